The number of hydrogen-bond acceptors (Lipinski definition) is 7. The van der Waals surface area contributed by atoms with E-state index in [1.807, 2.05) is 54.1 Å². The first-order valence-corrected chi connectivity index (χ1v) is 10.4. The lowest BCUT2D eigenvalue weighted by Gasteiger charge is -2.06. The molecule has 0 bridgehead atoms. The van der Waals surface area contributed by atoms with E-state index in [-0.39, 0.29) is 11.7 Å². The van der Waals surface area contributed by atoms with Crippen molar-refractivity contribution in [1.29, 1.82) is 0 Å². The molecular formula is C17H13BrN6OS2. The quantitative estimate of drug-likeness (QED) is 0.453. The van der Waals surface area contributed by atoms with Gasteiger partial charge in [-0.2, -0.15) is 8.75 Å². The summed E-state index contributed by atoms with van der Waals surface area (Å²) in [5.74, 6) is 0.824. The molecule has 0 fully saturated rings. The third-order valence-corrected chi connectivity index (χ3v) is 6.10. The third kappa shape index (κ3) is 3.73. The van der Waals surface area contributed by atoms with Gasteiger partial charge in [-0.05, 0) is 18.2 Å². The van der Waals surface area contributed by atoms with E-state index in [0.29, 0.717) is 16.4 Å². The fraction of sp³-hybridized carbons (Fsp3) is 0.118. The van der Waals surface area contributed by atoms with Crippen LogP contribution >= 0.6 is 39.4 Å². The molecule has 2 heterocycles. The molecule has 0 saturated heterocycles. The molecule has 0 aliphatic heterocycles. The molecule has 0 saturated carbocycles. The van der Waals surface area contributed by atoms with E-state index < -0.39 is 0 Å². The van der Waals surface area contributed by atoms with Crippen molar-refractivity contribution in [3.05, 3.63) is 46.9 Å². The van der Waals surface area contributed by atoms with Crippen LogP contribution in [0.1, 0.15) is 0 Å². The number of amides is 1. The van der Waals surface area contributed by atoms with E-state index >= 15 is 0 Å². The third-order valence-electron chi connectivity index (χ3n) is 3.84. The number of aromatic nitrogens is 5. The van der Waals surface area contributed by atoms with Gasteiger partial charge < -0.3 is 9.88 Å². The molecule has 10 heteroatoms. The summed E-state index contributed by atoms with van der Waals surface area (Å²) in [5.41, 5.74) is 3.10. The Morgan fingerprint density at radius 2 is 2.04 bits per heavy atom. The fourth-order valence-electron chi connectivity index (χ4n) is 2.54. The summed E-state index contributed by atoms with van der Waals surface area (Å²) < 4.78 is 11.2. The number of benzene rings is 2. The number of thioether (sulfide) groups is 1. The molecule has 2 aromatic heterocycles. The number of nitrogens with one attached hydrogen (secondary N) is 1. The zero-order valence-electron chi connectivity index (χ0n) is 14.1. The predicted molar refractivity (Wildman–Crippen MR) is 111 cm³/mol. The van der Waals surface area contributed by atoms with Crippen molar-refractivity contribution in [3.8, 4) is 11.4 Å². The predicted octanol–water partition coefficient (Wildman–Crippen LogP) is 3.98. The smallest absolute Gasteiger partial charge is 0.234 e. The van der Waals surface area contributed by atoms with Gasteiger partial charge in [0.25, 0.3) is 0 Å². The SMILES string of the molecule is Cn1c(SCC(=O)Nc2cccc3nsnc23)nnc1-c1ccccc1Br. The van der Waals surface area contributed by atoms with Crippen LogP contribution in [0.5, 0.6) is 0 Å². The highest BCUT2D eigenvalue weighted by atomic mass is 79.9. The van der Waals surface area contributed by atoms with Gasteiger partial charge in [0.05, 0.1) is 23.2 Å². The number of fused-ring (bicyclic) bond motifs is 1. The summed E-state index contributed by atoms with van der Waals surface area (Å²) >= 11 is 5.99. The van der Waals surface area contributed by atoms with Crippen LogP contribution in [0, 0.1) is 0 Å². The van der Waals surface area contributed by atoms with Crippen LogP contribution < -0.4 is 5.32 Å². The molecule has 0 aliphatic carbocycles. The van der Waals surface area contributed by atoms with Crippen molar-refractivity contribution < 1.29 is 4.79 Å². The minimum Gasteiger partial charge on any atom is -0.323 e. The Morgan fingerprint density at radius 1 is 1.19 bits per heavy atom. The lowest BCUT2D eigenvalue weighted by atomic mass is 10.2. The molecule has 4 rings (SSSR count). The van der Waals surface area contributed by atoms with Crippen molar-refractivity contribution in [3.63, 3.8) is 0 Å². The van der Waals surface area contributed by atoms with E-state index in [0.717, 1.165) is 33.1 Å². The van der Waals surface area contributed by atoms with Crippen LogP contribution in [0.2, 0.25) is 0 Å². The largest absolute Gasteiger partial charge is 0.323 e. The first kappa shape index (κ1) is 18.1. The average molecular weight is 461 g/mol. The van der Waals surface area contributed by atoms with Gasteiger partial charge in [-0.3, -0.25) is 4.79 Å². The number of carbonyl (C=O) groups is 1. The van der Waals surface area contributed by atoms with Crippen LogP contribution in [0.15, 0.2) is 52.1 Å². The van der Waals surface area contributed by atoms with Gasteiger partial charge in [0.15, 0.2) is 11.0 Å². The van der Waals surface area contributed by atoms with Gasteiger partial charge in [0, 0.05) is 17.1 Å². The molecule has 27 heavy (non-hydrogen) atoms. The maximum atomic E-state index is 12.4. The van der Waals surface area contributed by atoms with Gasteiger partial charge >= 0.3 is 0 Å². The number of anilines is 1. The normalized spacial score (nSPS) is 11.0. The molecule has 0 aliphatic rings. The fourth-order valence-corrected chi connectivity index (χ4v) is 4.26. The maximum absolute atomic E-state index is 12.4. The molecule has 7 nitrogen and oxygen atoms in total. The van der Waals surface area contributed by atoms with Crippen molar-refractivity contribution >= 4 is 62.0 Å². The highest BCUT2D eigenvalue weighted by Gasteiger charge is 2.15. The second-order valence-corrected chi connectivity index (χ2v) is 7.94. The molecular weight excluding hydrogens is 448 g/mol. The molecule has 0 radical (unpaired) electrons. The Bertz CT molecular complexity index is 1130. The molecule has 0 spiro atoms. The number of carbonyl (C=O) groups excluding carboxylic acids is 1. The zero-order chi connectivity index (χ0) is 18.8. The van der Waals surface area contributed by atoms with Crippen LogP contribution in [-0.4, -0.2) is 35.2 Å². The van der Waals surface area contributed by atoms with Crippen molar-refractivity contribution in [2.45, 2.75) is 5.16 Å². The second kappa shape index (κ2) is 7.75. The van der Waals surface area contributed by atoms with Crippen molar-refractivity contribution in [2.75, 3.05) is 11.1 Å². The topological polar surface area (TPSA) is 85.6 Å². The minimum absolute atomic E-state index is 0.133. The van der Waals surface area contributed by atoms with E-state index in [4.69, 9.17) is 0 Å². The van der Waals surface area contributed by atoms with E-state index in [1.54, 1.807) is 0 Å². The minimum atomic E-state index is -0.133. The Morgan fingerprint density at radius 3 is 2.89 bits per heavy atom. The van der Waals surface area contributed by atoms with Crippen LogP contribution in [-0.2, 0) is 11.8 Å². The summed E-state index contributed by atoms with van der Waals surface area (Å²) in [6.07, 6.45) is 0. The summed E-state index contributed by atoms with van der Waals surface area (Å²) in [6.45, 7) is 0. The van der Waals surface area contributed by atoms with Crippen molar-refractivity contribution in [1.82, 2.24) is 23.5 Å². The van der Waals surface area contributed by atoms with Crippen LogP contribution in [0.3, 0.4) is 0 Å². The van der Waals surface area contributed by atoms with Crippen molar-refractivity contribution in [2.24, 2.45) is 7.05 Å². The van der Waals surface area contributed by atoms with Crippen LogP contribution in [0.25, 0.3) is 22.4 Å². The molecule has 4 aromatic rings. The number of halogens is 1. The molecule has 1 N–H and O–H groups in total. The van der Waals surface area contributed by atoms with E-state index in [2.05, 4.69) is 40.2 Å². The Labute approximate surface area is 171 Å². The summed E-state index contributed by atoms with van der Waals surface area (Å²) in [5, 5.41) is 12.0. The van der Waals surface area contributed by atoms with E-state index in [1.165, 1.54) is 11.8 Å². The van der Waals surface area contributed by atoms with Gasteiger partial charge in [-0.15, -0.1) is 10.2 Å². The number of nitrogens with zero attached hydrogens (tertiary/aromatic N) is 5. The molecule has 1 amide bonds. The maximum Gasteiger partial charge on any atom is 0.234 e. The second-order valence-electron chi connectivity index (χ2n) is 5.62. The van der Waals surface area contributed by atoms with Gasteiger partial charge in [-0.25, -0.2) is 0 Å². The summed E-state index contributed by atoms with van der Waals surface area (Å²) in [6, 6.07) is 13.4. The molecule has 136 valence electrons. The number of hydrogen-bond donors (Lipinski definition) is 1. The van der Waals surface area contributed by atoms with Gasteiger partial charge in [0.2, 0.25) is 5.91 Å². The lowest BCUT2D eigenvalue weighted by molar-refractivity contribution is -0.113. The van der Waals surface area contributed by atoms with E-state index in [9.17, 15) is 4.79 Å². The Hall–Kier alpha value is -2.30. The molecule has 0 atom stereocenters. The van der Waals surface area contributed by atoms with Gasteiger partial charge in [0.1, 0.15) is 11.0 Å². The van der Waals surface area contributed by atoms with Crippen LogP contribution in [0.4, 0.5) is 5.69 Å². The summed E-state index contributed by atoms with van der Waals surface area (Å²) in [7, 11) is 1.89. The zero-order valence-corrected chi connectivity index (χ0v) is 17.3. The highest BCUT2D eigenvalue weighted by Crippen LogP contribution is 2.28. The van der Waals surface area contributed by atoms with Gasteiger partial charge in [-0.1, -0.05) is 52.0 Å². The molecule has 2 aromatic carbocycles. The lowest BCUT2D eigenvalue weighted by Crippen LogP contribution is -2.14. The first-order valence-electron chi connectivity index (χ1n) is 7.91. The Balaban J connectivity index is 1.45. The average Bonchev–Trinajstić information content (AvgIpc) is 3.28. The Kier molecular flexibility index (Phi) is 5.19. The molecule has 0 unspecified atom stereocenters. The summed E-state index contributed by atoms with van der Waals surface area (Å²) in [4.78, 5) is 12.4. The first-order chi connectivity index (χ1) is 13.1. The monoisotopic (exact) mass is 460 g/mol. The highest BCUT2D eigenvalue weighted by molar-refractivity contribution is 9.10. The standard InChI is InChI=1S/C17H13BrN6OS2/c1-24-16(10-5-2-3-6-11(10)18)20-21-17(24)26-9-14(25)19-12-7-4-8-13-15(12)23-27-22-13/h2-8H,9H2,1H3,(H,19,25). The number of rotatable bonds is 5.